The number of likely N-dealkylation sites (N-methyl/N-ethyl adjacent to an activating group) is 1. The standard InChI is InChI=1S/C18H22N2O/c1-19-10-12-20(13-11-19)9-8-18(21)17-7-6-15-4-2-3-5-16(15)14-17/h2-7,14H,8-13H2,1H3. The number of ketones is 1. The van der Waals surface area contributed by atoms with Crippen molar-refractivity contribution in [3.05, 3.63) is 48.0 Å². The van der Waals surface area contributed by atoms with Crippen molar-refractivity contribution in [1.82, 2.24) is 9.80 Å². The number of fused-ring (bicyclic) bond motifs is 1. The first-order valence-electron chi connectivity index (χ1n) is 7.65. The van der Waals surface area contributed by atoms with Gasteiger partial charge in [0.05, 0.1) is 0 Å². The molecule has 0 atom stereocenters. The molecule has 2 aromatic rings. The molecule has 0 unspecified atom stereocenters. The van der Waals surface area contributed by atoms with E-state index in [9.17, 15) is 4.79 Å². The van der Waals surface area contributed by atoms with Crippen LogP contribution < -0.4 is 0 Å². The van der Waals surface area contributed by atoms with Crippen molar-refractivity contribution in [2.24, 2.45) is 0 Å². The van der Waals surface area contributed by atoms with Crippen LogP contribution in [0, 0.1) is 0 Å². The van der Waals surface area contributed by atoms with Crippen LogP contribution in [0.4, 0.5) is 0 Å². The van der Waals surface area contributed by atoms with Crippen molar-refractivity contribution < 1.29 is 4.79 Å². The largest absolute Gasteiger partial charge is 0.304 e. The van der Waals surface area contributed by atoms with E-state index >= 15 is 0 Å². The summed E-state index contributed by atoms with van der Waals surface area (Å²) in [5.74, 6) is 0.250. The van der Waals surface area contributed by atoms with E-state index in [1.807, 2.05) is 30.3 Å². The lowest BCUT2D eigenvalue weighted by Gasteiger charge is -2.32. The summed E-state index contributed by atoms with van der Waals surface area (Å²) in [5.41, 5.74) is 0.836. The molecule has 0 radical (unpaired) electrons. The first kappa shape index (κ1) is 14.2. The molecule has 1 heterocycles. The molecule has 2 aromatic carbocycles. The van der Waals surface area contributed by atoms with Crippen molar-refractivity contribution in [1.29, 1.82) is 0 Å². The van der Waals surface area contributed by atoms with Gasteiger partial charge in [-0.05, 0) is 23.9 Å². The van der Waals surface area contributed by atoms with Crippen molar-refractivity contribution in [3.8, 4) is 0 Å². The van der Waals surface area contributed by atoms with E-state index in [0.29, 0.717) is 6.42 Å². The highest BCUT2D eigenvalue weighted by molar-refractivity contribution is 6.00. The molecule has 0 aliphatic carbocycles. The molecule has 0 saturated carbocycles. The summed E-state index contributed by atoms with van der Waals surface area (Å²) in [6.07, 6.45) is 0.613. The van der Waals surface area contributed by atoms with Crippen LogP contribution in [0.25, 0.3) is 10.8 Å². The van der Waals surface area contributed by atoms with Crippen LogP contribution in [0.3, 0.4) is 0 Å². The molecule has 0 aromatic heterocycles. The van der Waals surface area contributed by atoms with Gasteiger partial charge in [0.2, 0.25) is 0 Å². The van der Waals surface area contributed by atoms with Gasteiger partial charge in [-0.1, -0.05) is 36.4 Å². The van der Waals surface area contributed by atoms with Gasteiger partial charge in [0, 0.05) is 44.7 Å². The van der Waals surface area contributed by atoms with E-state index in [0.717, 1.165) is 43.7 Å². The van der Waals surface area contributed by atoms with E-state index in [2.05, 4.69) is 29.0 Å². The van der Waals surface area contributed by atoms with Gasteiger partial charge in [-0.25, -0.2) is 0 Å². The van der Waals surface area contributed by atoms with Crippen molar-refractivity contribution in [2.75, 3.05) is 39.8 Å². The fourth-order valence-electron chi connectivity index (χ4n) is 2.84. The summed E-state index contributed by atoms with van der Waals surface area (Å²) in [7, 11) is 2.15. The highest BCUT2D eigenvalue weighted by Crippen LogP contribution is 2.17. The van der Waals surface area contributed by atoms with Crippen LogP contribution >= 0.6 is 0 Å². The molecule has 1 saturated heterocycles. The number of nitrogens with zero attached hydrogens (tertiary/aromatic N) is 2. The number of benzene rings is 2. The number of carbonyl (C=O) groups is 1. The lowest BCUT2D eigenvalue weighted by molar-refractivity contribution is 0.0942. The average molecular weight is 282 g/mol. The molecule has 3 rings (SSSR count). The molecule has 3 heteroatoms. The molecule has 0 N–H and O–H groups in total. The maximum absolute atomic E-state index is 12.4. The first-order chi connectivity index (χ1) is 10.2. The van der Waals surface area contributed by atoms with Crippen LogP contribution in [0.5, 0.6) is 0 Å². The number of piperazine rings is 1. The van der Waals surface area contributed by atoms with E-state index in [4.69, 9.17) is 0 Å². The second kappa shape index (κ2) is 6.37. The Kier molecular flexibility index (Phi) is 4.32. The number of hydrogen-bond donors (Lipinski definition) is 0. The summed E-state index contributed by atoms with van der Waals surface area (Å²) in [6, 6.07) is 14.2. The number of carbonyl (C=O) groups excluding carboxylic acids is 1. The third kappa shape index (κ3) is 3.49. The maximum Gasteiger partial charge on any atom is 0.164 e. The summed E-state index contributed by atoms with van der Waals surface area (Å²) in [6.45, 7) is 5.22. The minimum atomic E-state index is 0.250. The topological polar surface area (TPSA) is 23.6 Å². The van der Waals surface area contributed by atoms with Gasteiger partial charge < -0.3 is 9.80 Å². The van der Waals surface area contributed by atoms with Gasteiger partial charge in [-0.3, -0.25) is 4.79 Å². The Morgan fingerprint density at radius 3 is 2.48 bits per heavy atom. The van der Waals surface area contributed by atoms with Crippen LogP contribution in [0.15, 0.2) is 42.5 Å². The predicted molar refractivity (Wildman–Crippen MR) is 86.8 cm³/mol. The molecule has 0 amide bonds. The second-order valence-corrected chi connectivity index (χ2v) is 5.88. The summed E-state index contributed by atoms with van der Waals surface area (Å²) in [5, 5.41) is 2.33. The average Bonchev–Trinajstić information content (AvgIpc) is 2.53. The molecule has 3 nitrogen and oxygen atoms in total. The Morgan fingerprint density at radius 1 is 1.00 bits per heavy atom. The molecule has 21 heavy (non-hydrogen) atoms. The highest BCUT2D eigenvalue weighted by Gasteiger charge is 2.15. The summed E-state index contributed by atoms with van der Waals surface area (Å²) in [4.78, 5) is 17.1. The summed E-state index contributed by atoms with van der Waals surface area (Å²) < 4.78 is 0. The number of hydrogen-bond acceptors (Lipinski definition) is 3. The Hall–Kier alpha value is -1.71. The quantitative estimate of drug-likeness (QED) is 0.806. The zero-order chi connectivity index (χ0) is 14.7. The Morgan fingerprint density at radius 2 is 1.71 bits per heavy atom. The van der Waals surface area contributed by atoms with Crippen molar-refractivity contribution in [3.63, 3.8) is 0 Å². The van der Waals surface area contributed by atoms with Gasteiger partial charge in [0.15, 0.2) is 5.78 Å². The van der Waals surface area contributed by atoms with Gasteiger partial charge in [0.1, 0.15) is 0 Å². The van der Waals surface area contributed by atoms with E-state index in [1.54, 1.807) is 0 Å². The van der Waals surface area contributed by atoms with Crippen molar-refractivity contribution in [2.45, 2.75) is 6.42 Å². The molecule has 1 fully saturated rings. The minimum absolute atomic E-state index is 0.250. The Bertz CT molecular complexity index is 630. The second-order valence-electron chi connectivity index (χ2n) is 5.88. The molecule has 1 aliphatic heterocycles. The lowest BCUT2D eigenvalue weighted by Crippen LogP contribution is -2.45. The number of rotatable bonds is 4. The Labute approximate surface area is 126 Å². The Balaban J connectivity index is 1.61. The van der Waals surface area contributed by atoms with Gasteiger partial charge in [0.25, 0.3) is 0 Å². The van der Waals surface area contributed by atoms with Gasteiger partial charge in [-0.15, -0.1) is 0 Å². The zero-order valence-electron chi connectivity index (χ0n) is 12.6. The molecular formula is C18H22N2O. The summed E-state index contributed by atoms with van der Waals surface area (Å²) >= 11 is 0. The van der Waals surface area contributed by atoms with Crippen LogP contribution in [-0.2, 0) is 0 Å². The third-order valence-corrected chi connectivity index (χ3v) is 4.32. The third-order valence-electron chi connectivity index (χ3n) is 4.32. The zero-order valence-corrected chi connectivity index (χ0v) is 12.6. The van der Waals surface area contributed by atoms with Crippen LogP contribution in [-0.4, -0.2) is 55.4 Å². The lowest BCUT2D eigenvalue weighted by atomic mass is 10.0. The first-order valence-corrected chi connectivity index (χ1v) is 7.65. The molecule has 1 aliphatic rings. The molecule has 0 bridgehead atoms. The van der Waals surface area contributed by atoms with Gasteiger partial charge in [-0.2, -0.15) is 0 Å². The van der Waals surface area contributed by atoms with E-state index < -0.39 is 0 Å². The van der Waals surface area contributed by atoms with Crippen LogP contribution in [0.1, 0.15) is 16.8 Å². The monoisotopic (exact) mass is 282 g/mol. The number of Topliss-reactive ketones (excluding diaryl/α,β-unsaturated/α-hetero) is 1. The molecular weight excluding hydrogens is 260 g/mol. The SMILES string of the molecule is CN1CCN(CCC(=O)c2ccc3ccccc3c2)CC1. The van der Waals surface area contributed by atoms with E-state index in [-0.39, 0.29) is 5.78 Å². The normalized spacial score (nSPS) is 17.2. The van der Waals surface area contributed by atoms with Gasteiger partial charge >= 0.3 is 0 Å². The highest BCUT2D eigenvalue weighted by atomic mass is 16.1. The minimum Gasteiger partial charge on any atom is -0.304 e. The fraction of sp³-hybridized carbons (Fsp3) is 0.389. The fourth-order valence-corrected chi connectivity index (χ4v) is 2.84. The van der Waals surface area contributed by atoms with Crippen molar-refractivity contribution >= 4 is 16.6 Å². The predicted octanol–water partition coefficient (Wildman–Crippen LogP) is 2.66. The molecule has 0 spiro atoms. The smallest absolute Gasteiger partial charge is 0.164 e. The van der Waals surface area contributed by atoms with E-state index in [1.165, 1.54) is 5.39 Å². The molecule has 110 valence electrons. The van der Waals surface area contributed by atoms with Crippen LogP contribution in [0.2, 0.25) is 0 Å². The maximum atomic E-state index is 12.4.